The maximum absolute atomic E-state index is 12.2. The minimum Gasteiger partial charge on any atom is -0.493 e. The third-order valence-corrected chi connectivity index (χ3v) is 5.69. The van der Waals surface area contributed by atoms with E-state index >= 15 is 0 Å². The molecule has 25 heavy (non-hydrogen) atoms. The van der Waals surface area contributed by atoms with Gasteiger partial charge in [-0.15, -0.1) is 11.3 Å². The van der Waals surface area contributed by atoms with Crippen molar-refractivity contribution in [3.63, 3.8) is 0 Å². The van der Waals surface area contributed by atoms with E-state index in [2.05, 4.69) is 4.99 Å². The Bertz CT molecular complexity index is 1040. The topological polar surface area (TPSA) is 63.8 Å². The summed E-state index contributed by atoms with van der Waals surface area (Å²) in [6.45, 7) is 1.29. The molecule has 0 radical (unpaired) electrons. The standard InChI is InChI=1S/C18H16N2O3S2/c21-16-12(8-11-4-1-2-6-14(11)19-16)9-15-17(22)20(18(24)25-15)10-13-5-3-7-23-13/h1-2,4,6,8-9,13,22H,3,5,7,10H2. The monoisotopic (exact) mass is 372 g/mol. The lowest BCUT2D eigenvalue weighted by molar-refractivity contribution is -0.114. The lowest BCUT2D eigenvalue weighted by atomic mass is 10.1. The minimum atomic E-state index is -0.317. The molecular weight excluding hydrogens is 356 g/mol. The molecule has 0 saturated carbocycles. The van der Waals surface area contributed by atoms with Crippen LogP contribution in [-0.4, -0.2) is 28.3 Å². The van der Waals surface area contributed by atoms with Crippen molar-refractivity contribution < 1.29 is 14.6 Å². The number of aromatic nitrogens is 1. The predicted octanol–water partition coefficient (Wildman–Crippen LogP) is 2.19. The molecule has 2 aliphatic rings. The number of fused-ring (bicyclic) bond motifs is 1. The van der Waals surface area contributed by atoms with Gasteiger partial charge in [-0.3, -0.25) is 9.36 Å². The van der Waals surface area contributed by atoms with Crippen molar-refractivity contribution in [3.05, 3.63) is 49.2 Å². The Morgan fingerprint density at radius 1 is 1.44 bits per heavy atom. The molecule has 1 saturated heterocycles. The molecule has 2 aliphatic heterocycles. The molecule has 7 heteroatoms. The highest BCUT2D eigenvalue weighted by Crippen LogP contribution is 2.30. The predicted molar refractivity (Wildman–Crippen MR) is 98.5 cm³/mol. The number of hydrogen-bond acceptors (Lipinski definition) is 5. The van der Waals surface area contributed by atoms with Crippen LogP contribution in [0.2, 0.25) is 0 Å². The van der Waals surface area contributed by atoms with E-state index in [1.807, 2.05) is 18.2 Å². The zero-order valence-corrected chi connectivity index (χ0v) is 15.0. The van der Waals surface area contributed by atoms with E-state index in [0.717, 1.165) is 24.7 Å². The third kappa shape index (κ3) is 3.22. The number of thiazole rings is 1. The SMILES string of the molecule is O=C1N=c2ccccc2=CC1=Cc1sc(=S)n(CC2CCCO2)c1O. The van der Waals surface area contributed by atoms with Crippen molar-refractivity contribution in [3.8, 4) is 5.88 Å². The fourth-order valence-electron chi connectivity index (χ4n) is 3.02. The van der Waals surface area contributed by atoms with Gasteiger partial charge in [0.05, 0.1) is 22.9 Å². The maximum atomic E-state index is 12.2. The molecule has 128 valence electrons. The smallest absolute Gasteiger partial charge is 0.277 e. The highest BCUT2D eigenvalue weighted by Gasteiger charge is 2.20. The van der Waals surface area contributed by atoms with Gasteiger partial charge in [0.1, 0.15) is 0 Å². The van der Waals surface area contributed by atoms with E-state index in [4.69, 9.17) is 17.0 Å². The molecule has 1 unspecified atom stereocenters. The van der Waals surface area contributed by atoms with Crippen molar-refractivity contribution in [2.45, 2.75) is 25.5 Å². The van der Waals surface area contributed by atoms with Crippen molar-refractivity contribution >= 4 is 41.6 Å². The van der Waals surface area contributed by atoms with Gasteiger partial charge in [-0.25, -0.2) is 4.99 Å². The third-order valence-electron chi connectivity index (χ3n) is 4.31. The molecule has 5 nitrogen and oxygen atoms in total. The molecule has 0 spiro atoms. The number of benzene rings is 1. The normalized spacial score (nSPS) is 21.0. The Morgan fingerprint density at radius 3 is 3.08 bits per heavy atom. The Morgan fingerprint density at radius 2 is 2.28 bits per heavy atom. The summed E-state index contributed by atoms with van der Waals surface area (Å²) < 4.78 is 7.87. The van der Waals surface area contributed by atoms with Gasteiger partial charge < -0.3 is 9.84 Å². The number of aromatic hydroxyl groups is 1. The maximum Gasteiger partial charge on any atom is 0.277 e. The average Bonchev–Trinajstić information content (AvgIpc) is 3.20. The van der Waals surface area contributed by atoms with Crippen molar-refractivity contribution in [1.82, 2.24) is 4.57 Å². The highest BCUT2D eigenvalue weighted by atomic mass is 32.1. The van der Waals surface area contributed by atoms with E-state index in [1.54, 1.807) is 22.8 Å². The van der Waals surface area contributed by atoms with Crippen molar-refractivity contribution in [1.29, 1.82) is 0 Å². The molecule has 1 N–H and O–H groups in total. The fourth-order valence-corrected chi connectivity index (χ4v) is 4.30. The Labute approximate surface area is 153 Å². The van der Waals surface area contributed by atoms with Crippen LogP contribution in [0.4, 0.5) is 0 Å². The molecular formula is C18H16N2O3S2. The molecule has 1 amide bonds. The largest absolute Gasteiger partial charge is 0.493 e. The summed E-state index contributed by atoms with van der Waals surface area (Å²) in [6.07, 6.45) is 5.53. The van der Waals surface area contributed by atoms with Gasteiger partial charge in [0.15, 0.2) is 3.95 Å². The number of hydrogen-bond donors (Lipinski definition) is 1. The summed E-state index contributed by atoms with van der Waals surface area (Å²) in [6, 6.07) is 7.46. The highest BCUT2D eigenvalue weighted by molar-refractivity contribution is 7.73. The van der Waals surface area contributed by atoms with E-state index in [0.29, 0.717) is 26.3 Å². The lowest BCUT2D eigenvalue weighted by Crippen LogP contribution is -2.29. The number of rotatable bonds is 3. The summed E-state index contributed by atoms with van der Waals surface area (Å²) in [7, 11) is 0. The quantitative estimate of drug-likeness (QED) is 0.663. The zero-order chi connectivity index (χ0) is 17.4. The second-order valence-electron chi connectivity index (χ2n) is 6.02. The molecule has 0 bridgehead atoms. The van der Waals surface area contributed by atoms with Crippen molar-refractivity contribution in [2.75, 3.05) is 6.61 Å². The van der Waals surface area contributed by atoms with E-state index in [-0.39, 0.29) is 17.9 Å². The van der Waals surface area contributed by atoms with Gasteiger partial charge in [0, 0.05) is 17.4 Å². The number of ether oxygens (including phenoxy) is 1. The molecule has 1 aromatic heterocycles. The number of carbonyl (C=O) groups is 1. The van der Waals surface area contributed by atoms with Crippen LogP contribution in [0.15, 0.2) is 34.8 Å². The van der Waals surface area contributed by atoms with Crippen LogP contribution in [-0.2, 0) is 16.1 Å². The van der Waals surface area contributed by atoms with Gasteiger partial charge in [-0.2, -0.15) is 0 Å². The van der Waals surface area contributed by atoms with Crippen LogP contribution in [0.3, 0.4) is 0 Å². The molecule has 1 fully saturated rings. The molecule has 1 atom stereocenters. The van der Waals surface area contributed by atoms with Crippen molar-refractivity contribution in [2.24, 2.45) is 4.99 Å². The van der Waals surface area contributed by atoms with Crippen LogP contribution in [0.5, 0.6) is 5.88 Å². The van der Waals surface area contributed by atoms with Crippen LogP contribution in [0.25, 0.3) is 12.2 Å². The minimum absolute atomic E-state index is 0.0810. The fraction of sp³-hybridized carbons (Fsp3) is 0.278. The van der Waals surface area contributed by atoms with Gasteiger partial charge in [-0.1, -0.05) is 18.2 Å². The Hall–Kier alpha value is -2.09. The molecule has 0 aliphatic carbocycles. The summed E-state index contributed by atoms with van der Waals surface area (Å²) in [4.78, 5) is 16.9. The van der Waals surface area contributed by atoms with E-state index in [9.17, 15) is 9.90 Å². The first-order valence-corrected chi connectivity index (χ1v) is 9.30. The Balaban J connectivity index is 1.71. The number of carbonyl (C=O) groups excluding carboxylic acids is 1. The number of para-hydroxylation sites is 1. The average molecular weight is 372 g/mol. The Kier molecular flexibility index (Phi) is 4.37. The van der Waals surface area contributed by atoms with Gasteiger partial charge in [0.2, 0.25) is 5.88 Å². The van der Waals surface area contributed by atoms with E-state index in [1.165, 1.54) is 11.3 Å². The van der Waals surface area contributed by atoms with Crippen LogP contribution in [0.1, 0.15) is 17.7 Å². The lowest BCUT2D eigenvalue weighted by Gasteiger charge is -2.11. The zero-order valence-electron chi connectivity index (χ0n) is 13.3. The van der Waals surface area contributed by atoms with Crippen LogP contribution in [0, 0.1) is 3.95 Å². The summed E-state index contributed by atoms with van der Waals surface area (Å²) in [5, 5.41) is 12.1. The second kappa shape index (κ2) is 6.67. The van der Waals surface area contributed by atoms with E-state index < -0.39 is 0 Å². The second-order valence-corrected chi connectivity index (χ2v) is 7.70. The van der Waals surface area contributed by atoms with Gasteiger partial charge in [0.25, 0.3) is 5.91 Å². The number of amides is 1. The summed E-state index contributed by atoms with van der Waals surface area (Å²) in [5.74, 6) is -0.235. The molecule has 2 aromatic rings. The molecule has 4 rings (SSSR count). The number of nitrogens with zero attached hydrogens (tertiary/aromatic N) is 2. The van der Waals surface area contributed by atoms with Gasteiger partial charge in [-0.05, 0) is 43.3 Å². The first-order valence-electron chi connectivity index (χ1n) is 8.07. The first kappa shape index (κ1) is 16.4. The van der Waals surface area contributed by atoms with Crippen LogP contribution < -0.4 is 10.6 Å². The molecule has 3 heterocycles. The summed E-state index contributed by atoms with van der Waals surface area (Å²) >= 11 is 6.66. The van der Waals surface area contributed by atoms with Gasteiger partial charge >= 0.3 is 0 Å². The molecule has 1 aromatic carbocycles. The van der Waals surface area contributed by atoms with Crippen LogP contribution >= 0.6 is 23.6 Å². The summed E-state index contributed by atoms with van der Waals surface area (Å²) in [5.41, 5.74) is 0.439. The first-order chi connectivity index (χ1) is 12.1.